The van der Waals surface area contributed by atoms with Crippen molar-refractivity contribution in [3.63, 3.8) is 0 Å². The molecule has 31 heavy (non-hydrogen) atoms. The van der Waals surface area contributed by atoms with E-state index in [1.165, 1.54) is 29.7 Å². The fourth-order valence-electron chi connectivity index (χ4n) is 4.08. The summed E-state index contributed by atoms with van der Waals surface area (Å²) in [5, 5.41) is 5.52. The lowest BCUT2D eigenvalue weighted by Crippen LogP contribution is -2.30. The SMILES string of the molecule is O=C(NCc1ccccc1CN1CCCCC1)c1ccc(CN2C(=O)CNC2=O)cc1. The van der Waals surface area contributed by atoms with Gasteiger partial charge in [-0.2, -0.15) is 0 Å². The number of benzene rings is 2. The molecule has 2 aromatic carbocycles. The molecular formula is C24H28N4O3. The van der Waals surface area contributed by atoms with E-state index in [0.29, 0.717) is 12.1 Å². The molecule has 0 radical (unpaired) electrons. The molecule has 7 heteroatoms. The maximum absolute atomic E-state index is 12.6. The van der Waals surface area contributed by atoms with Gasteiger partial charge in [0.1, 0.15) is 0 Å². The number of nitrogens with one attached hydrogen (secondary N) is 2. The lowest BCUT2D eigenvalue weighted by Gasteiger charge is -2.27. The summed E-state index contributed by atoms with van der Waals surface area (Å²) in [7, 11) is 0. The molecule has 0 unspecified atom stereocenters. The van der Waals surface area contributed by atoms with Gasteiger partial charge in [-0.05, 0) is 54.8 Å². The van der Waals surface area contributed by atoms with Gasteiger partial charge in [0.25, 0.3) is 5.91 Å². The summed E-state index contributed by atoms with van der Waals surface area (Å²) in [5.41, 5.74) is 3.74. The summed E-state index contributed by atoms with van der Waals surface area (Å²) in [5.74, 6) is -0.385. The number of urea groups is 1. The first-order valence-corrected chi connectivity index (χ1v) is 10.8. The Bertz CT molecular complexity index is 936. The van der Waals surface area contributed by atoms with Crippen LogP contribution < -0.4 is 10.6 Å². The minimum absolute atomic E-state index is 0.0402. The molecule has 0 bridgehead atoms. The second-order valence-electron chi connectivity index (χ2n) is 8.12. The van der Waals surface area contributed by atoms with Crippen molar-refractivity contribution in [1.29, 1.82) is 0 Å². The number of nitrogens with zero attached hydrogens (tertiary/aromatic N) is 2. The Hall–Kier alpha value is -3.19. The Kier molecular flexibility index (Phi) is 6.62. The van der Waals surface area contributed by atoms with Gasteiger partial charge in [-0.3, -0.25) is 19.4 Å². The highest BCUT2D eigenvalue weighted by molar-refractivity contribution is 6.01. The zero-order valence-electron chi connectivity index (χ0n) is 17.6. The van der Waals surface area contributed by atoms with Gasteiger partial charge in [0, 0.05) is 18.7 Å². The van der Waals surface area contributed by atoms with Crippen LogP contribution in [-0.4, -0.2) is 47.3 Å². The molecule has 2 heterocycles. The van der Waals surface area contributed by atoms with Crippen molar-refractivity contribution in [2.45, 2.75) is 38.9 Å². The molecule has 0 atom stereocenters. The number of rotatable bonds is 7. The highest BCUT2D eigenvalue weighted by atomic mass is 16.2. The van der Waals surface area contributed by atoms with Crippen LogP contribution in [0.3, 0.4) is 0 Å². The molecule has 0 spiro atoms. The molecule has 0 aromatic heterocycles. The minimum atomic E-state index is -0.380. The average molecular weight is 421 g/mol. The third-order valence-electron chi connectivity index (χ3n) is 5.89. The Morgan fingerprint density at radius 3 is 2.29 bits per heavy atom. The molecule has 0 saturated carbocycles. The lowest BCUT2D eigenvalue weighted by atomic mass is 10.0. The second kappa shape index (κ2) is 9.75. The predicted octanol–water partition coefficient (Wildman–Crippen LogP) is 2.65. The molecule has 2 N–H and O–H groups in total. The van der Waals surface area contributed by atoms with Crippen molar-refractivity contribution in [1.82, 2.24) is 20.4 Å². The minimum Gasteiger partial charge on any atom is -0.348 e. The summed E-state index contributed by atoms with van der Waals surface area (Å²) in [6.45, 7) is 3.92. The number of likely N-dealkylation sites (tertiary alicyclic amines) is 1. The Morgan fingerprint density at radius 1 is 0.903 bits per heavy atom. The summed E-state index contributed by atoms with van der Waals surface area (Å²) < 4.78 is 0. The topological polar surface area (TPSA) is 81.8 Å². The predicted molar refractivity (Wildman–Crippen MR) is 117 cm³/mol. The van der Waals surface area contributed by atoms with Gasteiger partial charge in [0.2, 0.25) is 5.91 Å². The highest BCUT2D eigenvalue weighted by Crippen LogP contribution is 2.16. The molecule has 0 aliphatic carbocycles. The molecule has 7 nitrogen and oxygen atoms in total. The summed E-state index contributed by atoms with van der Waals surface area (Å²) in [6.07, 6.45) is 3.82. The molecule has 2 aliphatic heterocycles. The molecule has 4 rings (SSSR count). The number of hydrogen-bond donors (Lipinski definition) is 2. The first-order valence-electron chi connectivity index (χ1n) is 10.8. The average Bonchev–Trinajstić information content (AvgIpc) is 3.11. The van der Waals surface area contributed by atoms with Gasteiger partial charge >= 0.3 is 6.03 Å². The smallest absolute Gasteiger partial charge is 0.324 e. The van der Waals surface area contributed by atoms with E-state index in [-0.39, 0.29) is 30.9 Å². The number of carbonyl (C=O) groups excluding carboxylic acids is 3. The van der Waals surface area contributed by atoms with Gasteiger partial charge < -0.3 is 10.6 Å². The normalized spacial score (nSPS) is 17.0. The molecule has 2 aliphatic rings. The molecule has 162 valence electrons. The monoisotopic (exact) mass is 420 g/mol. The summed E-state index contributed by atoms with van der Waals surface area (Å²) in [6, 6.07) is 14.9. The fourth-order valence-corrected chi connectivity index (χ4v) is 4.08. The number of piperidine rings is 1. The maximum Gasteiger partial charge on any atom is 0.324 e. The van der Waals surface area contributed by atoms with Crippen LogP contribution in [0, 0.1) is 0 Å². The van der Waals surface area contributed by atoms with Gasteiger partial charge in [0.15, 0.2) is 0 Å². The van der Waals surface area contributed by atoms with Crippen LogP contribution >= 0.6 is 0 Å². The van der Waals surface area contributed by atoms with Crippen LogP contribution in [0.1, 0.15) is 46.3 Å². The van der Waals surface area contributed by atoms with Crippen LogP contribution in [0.15, 0.2) is 48.5 Å². The van der Waals surface area contributed by atoms with Crippen molar-refractivity contribution in [3.8, 4) is 0 Å². The van der Waals surface area contributed by atoms with Gasteiger partial charge in [-0.15, -0.1) is 0 Å². The van der Waals surface area contributed by atoms with Crippen molar-refractivity contribution < 1.29 is 14.4 Å². The quantitative estimate of drug-likeness (QED) is 0.675. The number of carbonyl (C=O) groups is 3. The van der Waals surface area contributed by atoms with E-state index < -0.39 is 0 Å². The molecular weight excluding hydrogens is 392 g/mol. The Morgan fingerprint density at radius 2 is 1.61 bits per heavy atom. The first kappa shape index (κ1) is 21.1. The Balaban J connectivity index is 1.34. The second-order valence-corrected chi connectivity index (χ2v) is 8.12. The van der Waals surface area contributed by atoms with Gasteiger partial charge in [-0.1, -0.05) is 42.8 Å². The van der Waals surface area contributed by atoms with E-state index in [1.807, 2.05) is 6.07 Å². The number of amides is 4. The molecule has 2 fully saturated rings. The molecule has 2 aromatic rings. The third-order valence-corrected chi connectivity index (χ3v) is 5.89. The van der Waals surface area contributed by atoms with Crippen LogP contribution in [0.25, 0.3) is 0 Å². The van der Waals surface area contributed by atoms with Crippen molar-refractivity contribution in [3.05, 3.63) is 70.8 Å². The van der Waals surface area contributed by atoms with E-state index in [1.54, 1.807) is 24.3 Å². The van der Waals surface area contributed by atoms with Crippen LogP contribution in [0.4, 0.5) is 4.79 Å². The van der Waals surface area contributed by atoms with E-state index in [2.05, 4.69) is 33.7 Å². The van der Waals surface area contributed by atoms with Crippen molar-refractivity contribution in [2.75, 3.05) is 19.6 Å². The van der Waals surface area contributed by atoms with Crippen LogP contribution in [-0.2, 0) is 24.4 Å². The van der Waals surface area contributed by atoms with Crippen molar-refractivity contribution in [2.24, 2.45) is 0 Å². The zero-order chi connectivity index (χ0) is 21.6. The highest BCUT2D eigenvalue weighted by Gasteiger charge is 2.28. The number of hydrogen-bond acceptors (Lipinski definition) is 4. The largest absolute Gasteiger partial charge is 0.348 e. The Labute approximate surface area is 182 Å². The van der Waals surface area contributed by atoms with Gasteiger partial charge in [0.05, 0.1) is 13.1 Å². The fraction of sp³-hybridized carbons (Fsp3) is 0.375. The maximum atomic E-state index is 12.6. The summed E-state index contributed by atoms with van der Waals surface area (Å²) >= 11 is 0. The number of imide groups is 1. The van der Waals surface area contributed by atoms with Crippen LogP contribution in [0.2, 0.25) is 0 Å². The van der Waals surface area contributed by atoms with E-state index in [4.69, 9.17) is 0 Å². The molecule has 4 amide bonds. The van der Waals surface area contributed by atoms with E-state index in [0.717, 1.165) is 30.8 Å². The lowest BCUT2D eigenvalue weighted by molar-refractivity contribution is -0.125. The molecule has 2 saturated heterocycles. The van der Waals surface area contributed by atoms with E-state index in [9.17, 15) is 14.4 Å². The van der Waals surface area contributed by atoms with Gasteiger partial charge in [-0.25, -0.2) is 4.79 Å². The summed E-state index contributed by atoms with van der Waals surface area (Å²) in [4.78, 5) is 39.7. The zero-order valence-corrected chi connectivity index (χ0v) is 17.6. The first-order chi connectivity index (χ1) is 15.1. The standard InChI is InChI=1S/C24H28N4O3/c29-22-15-26-24(31)28(22)16-18-8-10-19(11-9-18)23(30)25-14-20-6-2-3-7-21(20)17-27-12-4-1-5-13-27/h2-3,6-11H,1,4-5,12-17H2,(H,25,30)(H,26,31). The van der Waals surface area contributed by atoms with Crippen molar-refractivity contribution >= 4 is 17.8 Å². The van der Waals surface area contributed by atoms with E-state index >= 15 is 0 Å². The van der Waals surface area contributed by atoms with Crippen LogP contribution in [0.5, 0.6) is 0 Å². The third kappa shape index (κ3) is 5.30.